The molecule has 1 saturated heterocycles. The summed E-state index contributed by atoms with van der Waals surface area (Å²) in [4.78, 5) is 21.3. The van der Waals surface area contributed by atoms with Gasteiger partial charge in [0.05, 0.1) is 10.9 Å². The molecule has 4 rings (SSSR count). The number of nitrogens with zero attached hydrogens (tertiary/aromatic N) is 3. The van der Waals surface area contributed by atoms with E-state index in [0.29, 0.717) is 35.3 Å². The number of pyridine rings is 1. The van der Waals surface area contributed by atoms with Gasteiger partial charge in [-0.3, -0.25) is 14.1 Å². The van der Waals surface area contributed by atoms with Gasteiger partial charge in [-0.05, 0) is 24.8 Å². The number of hydrogen-bond acceptors (Lipinski definition) is 6. The molecule has 0 bridgehead atoms. The summed E-state index contributed by atoms with van der Waals surface area (Å²) in [6.45, 7) is -0.0823. The number of halogens is 3. The lowest BCUT2D eigenvalue weighted by atomic mass is 9.94. The van der Waals surface area contributed by atoms with E-state index in [-0.39, 0.29) is 35.1 Å². The van der Waals surface area contributed by atoms with Gasteiger partial charge in [0.15, 0.2) is 0 Å². The van der Waals surface area contributed by atoms with Crippen molar-refractivity contribution in [1.29, 1.82) is 4.78 Å². The van der Waals surface area contributed by atoms with Gasteiger partial charge in [0.2, 0.25) is 0 Å². The van der Waals surface area contributed by atoms with Crippen LogP contribution in [0.25, 0.3) is 11.0 Å². The molecule has 1 fully saturated rings. The van der Waals surface area contributed by atoms with E-state index in [1.165, 1.54) is 23.0 Å². The number of alkyl halides is 2. The molecule has 2 N–H and O–H groups in total. The van der Waals surface area contributed by atoms with Crippen molar-refractivity contribution < 1.29 is 17.4 Å². The van der Waals surface area contributed by atoms with Crippen LogP contribution in [0.4, 0.5) is 19.0 Å². The Balaban J connectivity index is 1.70. The molecular formula is C21H22F3N5O2S. The predicted octanol–water partition coefficient (Wildman–Crippen LogP) is 3.94. The van der Waals surface area contributed by atoms with Crippen LogP contribution in [0.1, 0.15) is 41.9 Å². The standard InChI is InChI=1S/C21H22F3N5O2S/c1-29-20-16(9-15(21(29)30)12-5-7-32(25,31)8-6-12)19(27-11-28-20)26-10-13-3-2-4-14(17(13)22)18(23)24/h2-4,9,11-12,18,25H,5-8,10H2,1H3,(H,26,27,28). The highest BCUT2D eigenvalue weighted by Crippen LogP contribution is 2.30. The van der Waals surface area contributed by atoms with E-state index >= 15 is 0 Å². The number of hydrogen-bond donors (Lipinski definition) is 2. The van der Waals surface area contributed by atoms with Crippen LogP contribution in [0, 0.1) is 10.6 Å². The van der Waals surface area contributed by atoms with Crippen LogP contribution < -0.4 is 10.9 Å². The molecule has 0 saturated carbocycles. The predicted molar refractivity (Wildman–Crippen MR) is 116 cm³/mol. The van der Waals surface area contributed by atoms with E-state index in [9.17, 15) is 22.2 Å². The molecule has 1 aliphatic heterocycles. The largest absolute Gasteiger partial charge is 0.365 e. The van der Waals surface area contributed by atoms with E-state index < -0.39 is 27.5 Å². The lowest BCUT2D eigenvalue weighted by molar-refractivity contribution is 0.146. The third-order valence-corrected chi connectivity index (χ3v) is 7.64. The quantitative estimate of drug-likeness (QED) is 0.595. The third kappa shape index (κ3) is 4.21. The second-order valence-corrected chi connectivity index (χ2v) is 10.3. The first-order valence-electron chi connectivity index (χ1n) is 10.1. The molecule has 0 radical (unpaired) electrons. The Morgan fingerprint density at radius 3 is 2.69 bits per heavy atom. The van der Waals surface area contributed by atoms with Crippen LogP contribution in [0.2, 0.25) is 0 Å². The molecule has 2 aromatic heterocycles. The maximum absolute atomic E-state index is 14.4. The Bertz CT molecular complexity index is 1330. The van der Waals surface area contributed by atoms with Crippen molar-refractivity contribution in [3.05, 3.63) is 63.5 Å². The Kier molecular flexibility index (Phi) is 5.93. The van der Waals surface area contributed by atoms with Crippen LogP contribution in [0.3, 0.4) is 0 Å². The van der Waals surface area contributed by atoms with Crippen molar-refractivity contribution in [2.24, 2.45) is 7.05 Å². The van der Waals surface area contributed by atoms with Crippen molar-refractivity contribution in [2.45, 2.75) is 31.7 Å². The van der Waals surface area contributed by atoms with E-state index in [1.807, 2.05) is 0 Å². The van der Waals surface area contributed by atoms with Crippen molar-refractivity contribution in [1.82, 2.24) is 14.5 Å². The number of fused-ring (bicyclic) bond motifs is 1. The second-order valence-electron chi connectivity index (χ2n) is 7.89. The second kappa shape index (κ2) is 8.53. The number of aryl methyl sites for hydroxylation is 1. The molecule has 170 valence electrons. The Labute approximate surface area is 182 Å². The maximum atomic E-state index is 14.4. The van der Waals surface area contributed by atoms with Crippen LogP contribution in [0.5, 0.6) is 0 Å². The molecule has 3 aromatic rings. The molecule has 0 amide bonds. The summed E-state index contributed by atoms with van der Waals surface area (Å²) in [6, 6.07) is 5.52. The first kappa shape index (κ1) is 22.3. The molecule has 0 unspecified atom stereocenters. The number of benzene rings is 1. The highest BCUT2D eigenvalue weighted by molar-refractivity contribution is 7.92. The Morgan fingerprint density at radius 1 is 1.28 bits per heavy atom. The summed E-state index contributed by atoms with van der Waals surface area (Å²) in [7, 11) is -0.995. The molecule has 7 nitrogen and oxygen atoms in total. The summed E-state index contributed by atoms with van der Waals surface area (Å²) in [5, 5.41) is 3.51. The van der Waals surface area contributed by atoms with Gasteiger partial charge in [0, 0.05) is 46.0 Å². The smallest absolute Gasteiger partial charge is 0.266 e. The van der Waals surface area contributed by atoms with Crippen molar-refractivity contribution in [2.75, 3.05) is 16.8 Å². The topological polar surface area (TPSA) is 101 Å². The zero-order valence-electron chi connectivity index (χ0n) is 17.3. The lowest BCUT2D eigenvalue weighted by Crippen LogP contribution is -2.29. The van der Waals surface area contributed by atoms with Gasteiger partial charge < -0.3 is 5.32 Å². The average molecular weight is 466 g/mol. The summed E-state index contributed by atoms with van der Waals surface area (Å²) < 4.78 is 61.5. The van der Waals surface area contributed by atoms with Gasteiger partial charge in [0.1, 0.15) is 23.6 Å². The van der Waals surface area contributed by atoms with Crippen LogP contribution >= 0.6 is 0 Å². The number of anilines is 1. The minimum atomic E-state index is -2.92. The van der Waals surface area contributed by atoms with Gasteiger partial charge in [0.25, 0.3) is 12.0 Å². The zero-order valence-corrected chi connectivity index (χ0v) is 18.1. The van der Waals surface area contributed by atoms with Gasteiger partial charge in [-0.15, -0.1) is 0 Å². The highest BCUT2D eigenvalue weighted by Gasteiger charge is 2.26. The van der Waals surface area contributed by atoms with Gasteiger partial charge >= 0.3 is 0 Å². The normalized spacial score (nSPS) is 21.2. The molecule has 11 heteroatoms. The van der Waals surface area contributed by atoms with Crippen LogP contribution in [0.15, 0.2) is 35.4 Å². The molecule has 1 aromatic carbocycles. The fourth-order valence-electron chi connectivity index (χ4n) is 4.03. The monoisotopic (exact) mass is 465 g/mol. The van der Waals surface area contributed by atoms with E-state index in [1.54, 1.807) is 13.1 Å². The van der Waals surface area contributed by atoms with E-state index in [0.717, 1.165) is 6.07 Å². The third-order valence-electron chi connectivity index (χ3n) is 5.85. The van der Waals surface area contributed by atoms with E-state index in [2.05, 4.69) is 15.3 Å². The summed E-state index contributed by atoms with van der Waals surface area (Å²) >= 11 is 0. The van der Waals surface area contributed by atoms with Crippen molar-refractivity contribution >= 4 is 26.6 Å². The van der Waals surface area contributed by atoms with Crippen molar-refractivity contribution in [3.63, 3.8) is 0 Å². The molecule has 0 atom stereocenters. The van der Waals surface area contributed by atoms with Gasteiger partial charge in [-0.25, -0.2) is 27.3 Å². The highest BCUT2D eigenvalue weighted by atomic mass is 32.2. The molecule has 32 heavy (non-hydrogen) atoms. The lowest BCUT2D eigenvalue weighted by Gasteiger charge is -2.24. The SMILES string of the molecule is Cn1c(=O)c(C2CCS(=N)(=O)CC2)cc2c(NCc3cccc(C(F)F)c3F)ncnc21. The minimum absolute atomic E-state index is 0.0668. The van der Waals surface area contributed by atoms with Crippen LogP contribution in [-0.4, -0.2) is 30.2 Å². The molecule has 0 aliphatic carbocycles. The molecular weight excluding hydrogens is 443 g/mol. The fourth-order valence-corrected chi connectivity index (χ4v) is 5.57. The fraction of sp³-hybridized carbons (Fsp3) is 0.381. The average Bonchev–Trinajstić information content (AvgIpc) is 2.75. The van der Waals surface area contributed by atoms with Gasteiger partial charge in [-0.2, -0.15) is 0 Å². The number of rotatable bonds is 5. The maximum Gasteiger partial charge on any atom is 0.266 e. The number of nitrogens with one attached hydrogen (secondary N) is 2. The van der Waals surface area contributed by atoms with E-state index in [4.69, 9.17) is 4.78 Å². The minimum Gasteiger partial charge on any atom is -0.365 e. The molecule has 0 spiro atoms. The van der Waals surface area contributed by atoms with Crippen LogP contribution in [-0.2, 0) is 23.3 Å². The molecule has 3 heterocycles. The first-order valence-corrected chi connectivity index (χ1v) is 12.0. The summed E-state index contributed by atoms with van der Waals surface area (Å²) in [5.41, 5.74) is 0.0832. The number of aromatic nitrogens is 3. The summed E-state index contributed by atoms with van der Waals surface area (Å²) in [6.07, 6.45) is -0.692. The first-order chi connectivity index (χ1) is 15.2. The van der Waals surface area contributed by atoms with Crippen molar-refractivity contribution in [3.8, 4) is 0 Å². The Hall–Kier alpha value is -2.95. The summed E-state index contributed by atoms with van der Waals surface area (Å²) in [5.74, 6) is -0.271. The Morgan fingerprint density at radius 2 is 2.00 bits per heavy atom. The van der Waals surface area contributed by atoms with Gasteiger partial charge in [-0.1, -0.05) is 18.2 Å². The zero-order chi connectivity index (χ0) is 23.0. The molecule has 1 aliphatic rings.